The van der Waals surface area contributed by atoms with Crippen molar-refractivity contribution in [1.82, 2.24) is 10.6 Å². The Kier molecular flexibility index (Phi) is 8.81. The van der Waals surface area contributed by atoms with Crippen LogP contribution in [0.2, 0.25) is 0 Å². The molecule has 0 bridgehead atoms. The van der Waals surface area contributed by atoms with Gasteiger partial charge in [-0.15, -0.1) is 0 Å². The summed E-state index contributed by atoms with van der Waals surface area (Å²) in [5.41, 5.74) is 0. The van der Waals surface area contributed by atoms with Crippen molar-refractivity contribution in [2.24, 2.45) is 5.92 Å². The number of carbonyl (C=O) groups is 2. The number of Topliss-reactive ketones (excluding diaryl/α,β-unsaturated/α-hetero) is 1. The summed E-state index contributed by atoms with van der Waals surface area (Å²) in [6.07, 6.45) is 3.49. The van der Waals surface area contributed by atoms with Crippen LogP contribution in [0.15, 0.2) is 0 Å². The van der Waals surface area contributed by atoms with Gasteiger partial charge in [0.2, 0.25) is 5.91 Å². The molecule has 1 unspecified atom stereocenters. The Morgan fingerprint density at radius 3 is 2.31 bits per heavy atom. The molecule has 94 valence electrons. The van der Waals surface area contributed by atoms with Crippen molar-refractivity contribution in [3.05, 3.63) is 0 Å². The number of rotatable bonds is 9. The van der Waals surface area contributed by atoms with E-state index in [0.29, 0.717) is 13.0 Å². The second-order valence-electron chi connectivity index (χ2n) is 4.05. The predicted molar refractivity (Wildman–Crippen MR) is 65.2 cm³/mol. The number of ketones is 1. The van der Waals surface area contributed by atoms with Gasteiger partial charge in [0.1, 0.15) is 5.78 Å². The maximum atomic E-state index is 11.7. The lowest BCUT2D eigenvalue weighted by molar-refractivity contribution is -0.133. The SMILES string of the molecule is CCCC(C(C)=O)C(=O)NCCCCNC. The average molecular weight is 228 g/mol. The van der Waals surface area contributed by atoms with Gasteiger partial charge in [0.05, 0.1) is 5.92 Å². The number of nitrogens with one attached hydrogen (secondary N) is 2. The molecular formula is C12H24N2O2. The fraction of sp³-hybridized carbons (Fsp3) is 0.833. The molecule has 2 N–H and O–H groups in total. The Balaban J connectivity index is 3.79. The standard InChI is InChI=1S/C12H24N2O2/c1-4-7-11(10(2)15)12(16)14-9-6-5-8-13-3/h11,13H,4-9H2,1-3H3,(H,14,16). The molecule has 4 nitrogen and oxygen atoms in total. The summed E-state index contributed by atoms with van der Waals surface area (Å²) in [5.74, 6) is -0.595. The van der Waals surface area contributed by atoms with E-state index in [-0.39, 0.29) is 11.7 Å². The highest BCUT2D eigenvalue weighted by molar-refractivity contribution is 6.00. The number of carbonyl (C=O) groups excluding carboxylic acids is 2. The van der Waals surface area contributed by atoms with Gasteiger partial charge in [-0.1, -0.05) is 13.3 Å². The normalized spacial score (nSPS) is 12.2. The first-order valence-corrected chi connectivity index (χ1v) is 6.06. The zero-order valence-corrected chi connectivity index (χ0v) is 10.6. The molecule has 16 heavy (non-hydrogen) atoms. The van der Waals surface area contributed by atoms with E-state index in [0.717, 1.165) is 25.8 Å². The summed E-state index contributed by atoms with van der Waals surface area (Å²) in [4.78, 5) is 22.9. The van der Waals surface area contributed by atoms with E-state index < -0.39 is 5.92 Å². The number of hydrogen-bond acceptors (Lipinski definition) is 3. The van der Waals surface area contributed by atoms with Crippen LogP contribution in [0.1, 0.15) is 39.5 Å². The molecule has 4 heteroatoms. The summed E-state index contributed by atoms with van der Waals surface area (Å²) in [5, 5.41) is 5.87. The molecule has 0 spiro atoms. The fourth-order valence-corrected chi connectivity index (χ4v) is 1.57. The molecule has 0 saturated heterocycles. The van der Waals surface area contributed by atoms with Gasteiger partial charge in [0.15, 0.2) is 0 Å². The summed E-state index contributed by atoms with van der Waals surface area (Å²) in [6.45, 7) is 5.09. The van der Waals surface area contributed by atoms with Gasteiger partial charge in [-0.05, 0) is 39.8 Å². The fourth-order valence-electron chi connectivity index (χ4n) is 1.57. The molecule has 0 aliphatic rings. The van der Waals surface area contributed by atoms with Crippen LogP contribution in [0.25, 0.3) is 0 Å². The first-order chi connectivity index (χ1) is 7.63. The van der Waals surface area contributed by atoms with Crippen molar-refractivity contribution in [2.45, 2.75) is 39.5 Å². The molecule has 1 atom stereocenters. The Bertz CT molecular complexity index is 217. The maximum Gasteiger partial charge on any atom is 0.230 e. The summed E-state index contributed by atoms with van der Waals surface area (Å²) >= 11 is 0. The minimum atomic E-state index is -0.450. The van der Waals surface area contributed by atoms with Crippen molar-refractivity contribution in [1.29, 1.82) is 0 Å². The predicted octanol–water partition coefficient (Wildman–Crippen LogP) is 1.11. The quantitative estimate of drug-likeness (QED) is 0.459. The van der Waals surface area contributed by atoms with E-state index in [1.165, 1.54) is 6.92 Å². The molecule has 0 heterocycles. The average Bonchev–Trinajstić information content (AvgIpc) is 2.24. The van der Waals surface area contributed by atoms with Crippen LogP contribution in [0.4, 0.5) is 0 Å². The summed E-state index contributed by atoms with van der Waals surface area (Å²) < 4.78 is 0. The smallest absolute Gasteiger partial charge is 0.230 e. The summed E-state index contributed by atoms with van der Waals surface area (Å²) in [6, 6.07) is 0. The third-order valence-corrected chi connectivity index (χ3v) is 2.54. The van der Waals surface area contributed by atoms with E-state index in [2.05, 4.69) is 10.6 Å². The highest BCUT2D eigenvalue weighted by Gasteiger charge is 2.21. The van der Waals surface area contributed by atoms with Crippen molar-refractivity contribution < 1.29 is 9.59 Å². The second kappa shape index (κ2) is 9.33. The number of amides is 1. The molecule has 0 aromatic rings. The Morgan fingerprint density at radius 2 is 1.81 bits per heavy atom. The second-order valence-corrected chi connectivity index (χ2v) is 4.05. The van der Waals surface area contributed by atoms with Crippen LogP contribution in [0.3, 0.4) is 0 Å². The molecule has 1 amide bonds. The van der Waals surface area contributed by atoms with Crippen molar-refractivity contribution in [2.75, 3.05) is 20.1 Å². The lowest BCUT2D eigenvalue weighted by Gasteiger charge is -2.12. The van der Waals surface area contributed by atoms with Gasteiger partial charge in [0, 0.05) is 6.54 Å². The van der Waals surface area contributed by atoms with Crippen LogP contribution in [0, 0.1) is 5.92 Å². The van der Waals surface area contributed by atoms with E-state index in [4.69, 9.17) is 0 Å². The monoisotopic (exact) mass is 228 g/mol. The molecule has 0 aromatic carbocycles. The van der Waals surface area contributed by atoms with Crippen molar-refractivity contribution >= 4 is 11.7 Å². The van der Waals surface area contributed by atoms with Crippen LogP contribution in [-0.2, 0) is 9.59 Å². The minimum absolute atomic E-state index is 0.0328. The highest BCUT2D eigenvalue weighted by Crippen LogP contribution is 2.07. The Hall–Kier alpha value is -0.900. The molecular weight excluding hydrogens is 204 g/mol. The third-order valence-electron chi connectivity index (χ3n) is 2.54. The molecule has 0 rings (SSSR count). The maximum absolute atomic E-state index is 11.7. The Labute approximate surface area is 98.2 Å². The van der Waals surface area contributed by atoms with E-state index >= 15 is 0 Å². The van der Waals surface area contributed by atoms with E-state index in [1.54, 1.807) is 0 Å². The summed E-state index contributed by atoms with van der Waals surface area (Å²) in [7, 11) is 1.91. The van der Waals surface area contributed by atoms with Crippen molar-refractivity contribution in [3.63, 3.8) is 0 Å². The zero-order valence-electron chi connectivity index (χ0n) is 10.6. The number of unbranched alkanes of at least 4 members (excludes halogenated alkanes) is 1. The first-order valence-electron chi connectivity index (χ1n) is 6.06. The molecule has 0 aromatic heterocycles. The molecule has 0 aliphatic carbocycles. The molecule has 0 aliphatic heterocycles. The largest absolute Gasteiger partial charge is 0.355 e. The lowest BCUT2D eigenvalue weighted by atomic mass is 9.98. The topological polar surface area (TPSA) is 58.2 Å². The van der Waals surface area contributed by atoms with Gasteiger partial charge in [-0.2, -0.15) is 0 Å². The minimum Gasteiger partial charge on any atom is -0.355 e. The van der Waals surface area contributed by atoms with E-state index in [9.17, 15) is 9.59 Å². The van der Waals surface area contributed by atoms with Crippen LogP contribution in [-0.4, -0.2) is 31.8 Å². The molecule has 0 fully saturated rings. The Morgan fingerprint density at radius 1 is 1.19 bits per heavy atom. The first kappa shape index (κ1) is 15.1. The molecule has 0 radical (unpaired) electrons. The van der Waals surface area contributed by atoms with Gasteiger partial charge in [-0.25, -0.2) is 0 Å². The van der Waals surface area contributed by atoms with Gasteiger partial charge in [-0.3, -0.25) is 9.59 Å². The van der Waals surface area contributed by atoms with Gasteiger partial charge < -0.3 is 10.6 Å². The highest BCUT2D eigenvalue weighted by atomic mass is 16.2. The van der Waals surface area contributed by atoms with Crippen LogP contribution in [0.5, 0.6) is 0 Å². The van der Waals surface area contributed by atoms with Crippen LogP contribution < -0.4 is 10.6 Å². The number of hydrogen-bond donors (Lipinski definition) is 2. The van der Waals surface area contributed by atoms with Gasteiger partial charge >= 0.3 is 0 Å². The third kappa shape index (κ3) is 6.56. The van der Waals surface area contributed by atoms with Crippen LogP contribution >= 0.6 is 0 Å². The van der Waals surface area contributed by atoms with Crippen molar-refractivity contribution in [3.8, 4) is 0 Å². The molecule has 0 saturated carbocycles. The van der Waals surface area contributed by atoms with E-state index in [1.807, 2.05) is 14.0 Å². The van der Waals surface area contributed by atoms with Gasteiger partial charge in [0.25, 0.3) is 0 Å². The zero-order chi connectivity index (χ0) is 12.4. The lowest BCUT2D eigenvalue weighted by Crippen LogP contribution is -2.35.